The van der Waals surface area contributed by atoms with E-state index in [1.165, 1.54) is 11.6 Å². The summed E-state index contributed by atoms with van der Waals surface area (Å²) in [6, 6.07) is 10.5. The van der Waals surface area contributed by atoms with Crippen molar-refractivity contribution in [2.75, 3.05) is 0 Å². The highest BCUT2D eigenvalue weighted by atomic mass is 19.4. The summed E-state index contributed by atoms with van der Waals surface area (Å²) in [4.78, 5) is 4.05. The van der Waals surface area contributed by atoms with Gasteiger partial charge in [-0.3, -0.25) is 4.40 Å². The maximum Gasteiger partial charge on any atom is 0.433 e. The molecule has 0 radical (unpaired) electrons. The molecule has 0 bridgehead atoms. The fraction of sp³-hybridized carbons (Fsp3) is 0.176. The number of fused-ring (bicyclic) bond motifs is 2. The molecule has 0 atom stereocenters. The van der Waals surface area contributed by atoms with Gasteiger partial charge in [-0.15, -0.1) is 0 Å². The molecule has 0 unspecified atom stereocenters. The first-order valence-corrected chi connectivity index (χ1v) is 7.37. The lowest BCUT2D eigenvalue weighted by Crippen LogP contribution is -2.14. The molecule has 0 aliphatic heterocycles. The second kappa shape index (κ2) is 4.83. The highest BCUT2D eigenvalue weighted by molar-refractivity contribution is 5.83. The first-order valence-electron chi connectivity index (χ1n) is 7.37. The normalized spacial score (nSPS) is 12.4. The van der Waals surface area contributed by atoms with Gasteiger partial charge in [-0.1, -0.05) is 24.3 Å². The Morgan fingerprint density at radius 3 is 2.50 bits per heavy atom. The number of nitrogens with zero attached hydrogens (tertiary/aromatic N) is 4. The molecule has 7 heteroatoms. The van der Waals surface area contributed by atoms with E-state index in [9.17, 15) is 13.2 Å². The van der Waals surface area contributed by atoms with Gasteiger partial charge in [0.15, 0.2) is 5.69 Å². The van der Waals surface area contributed by atoms with Crippen LogP contribution in [0, 0.1) is 13.8 Å². The second-order valence-electron chi connectivity index (χ2n) is 5.69. The molecule has 0 spiro atoms. The summed E-state index contributed by atoms with van der Waals surface area (Å²) in [5, 5.41) is 5.18. The van der Waals surface area contributed by atoms with Crippen molar-refractivity contribution in [1.82, 2.24) is 19.2 Å². The number of aryl methyl sites for hydroxylation is 2. The zero-order valence-corrected chi connectivity index (χ0v) is 13.0. The molecule has 122 valence electrons. The minimum absolute atomic E-state index is 0.0527. The summed E-state index contributed by atoms with van der Waals surface area (Å²) < 4.78 is 43.3. The van der Waals surface area contributed by atoms with E-state index in [0.29, 0.717) is 5.82 Å². The lowest BCUT2D eigenvalue weighted by atomic mass is 10.2. The standard InChI is InChI=1S/C17H13F3N4/c1-10-5-3-6-12-9-21-24(15(10)12)14-8-4-7-13-22-11(2)16(23(13)14)17(18,19)20/h3-9H,1-2H3. The van der Waals surface area contributed by atoms with Crippen molar-refractivity contribution in [2.24, 2.45) is 0 Å². The number of rotatable bonds is 1. The van der Waals surface area contributed by atoms with E-state index < -0.39 is 11.9 Å². The van der Waals surface area contributed by atoms with Crippen molar-refractivity contribution >= 4 is 16.6 Å². The van der Waals surface area contributed by atoms with Gasteiger partial charge in [0.1, 0.15) is 11.5 Å². The number of aromatic nitrogens is 4. The van der Waals surface area contributed by atoms with Crippen LogP contribution in [-0.2, 0) is 6.18 Å². The number of imidazole rings is 1. The van der Waals surface area contributed by atoms with Crippen molar-refractivity contribution < 1.29 is 13.2 Å². The number of pyridine rings is 1. The lowest BCUT2D eigenvalue weighted by molar-refractivity contribution is -0.142. The smallest absolute Gasteiger partial charge is 0.272 e. The van der Waals surface area contributed by atoms with Crippen molar-refractivity contribution in [3.8, 4) is 5.82 Å². The molecule has 24 heavy (non-hydrogen) atoms. The molecule has 0 amide bonds. The van der Waals surface area contributed by atoms with Gasteiger partial charge >= 0.3 is 6.18 Å². The molecule has 4 aromatic rings. The minimum Gasteiger partial charge on any atom is -0.272 e. The molecule has 3 heterocycles. The van der Waals surface area contributed by atoms with Crippen molar-refractivity contribution in [1.29, 1.82) is 0 Å². The van der Waals surface area contributed by atoms with Crippen LogP contribution in [0.5, 0.6) is 0 Å². The summed E-state index contributed by atoms with van der Waals surface area (Å²) >= 11 is 0. The molecule has 0 saturated carbocycles. The van der Waals surface area contributed by atoms with E-state index in [2.05, 4.69) is 10.1 Å². The topological polar surface area (TPSA) is 35.1 Å². The van der Waals surface area contributed by atoms with E-state index in [1.54, 1.807) is 24.4 Å². The highest BCUT2D eigenvalue weighted by Gasteiger charge is 2.38. The maximum atomic E-state index is 13.5. The molecule has 4 rings (SSSR count). The third kappa shape index (κ3) is 2.01. The number of halogens is 3. The van der Waals surface area contributed by atoms with Gasteiger partial charge in [-0.25, -0.2) is 9.67 Å². The van der Waals surface area contributed by atoms with E-state index in [1.807, 2.05) is 25.1 Å². The first-order chi connectivity index (χ1) is 11.4. The molecular formula is C17H13F3N4. The number of para-hydroxylation sites is 1. The Balaban J connectivity index is 2.14. The Kier molecular flexibility index (Phi) is 2.97. The van der Waals surface area contributed by atoms with E-state index in [-0.39, 0.29) is 11.3 Å². The molecule has 0 aliphatic rings. The Labute approximate surface area is 135 Å². The van der Waals surface area contributed by atoms with Gasteiger partial charge in [0, 0.05) is 5.39 Å². The summed E-state index contributed by atoms with van der Waals surface area (Å²) in [7, 11) is 0. The first kappa shape index (κ1) is 14.7. The van der Waals surface area contributed by atoms with Gasteiger partial charge in [0.2, 0.25) is 0 Å². The van der Waals surface area contributed by atoms with Crippen LogP contribution in [0.3, 0.4) is 0 Å². The fourth-order valence-corrected chi connectivity index (χ4v) is 3.11. The van der Waals surface area contributed by atoms with Crippen LogP contribution in [0.15, 0.2) is 42.6 Å². The monoisotopic (exact) mass is 330 g/mol. The molecule has 1 aromatic carbocycles. The number of alkyl halides is 3. The zero-order valence-electron chi connectivity index (χ0n) is 13.0. The molecule has 0 N–H and O–H groups in total. The second-order valence-corrected chi connectivity index (χ2v) is 5.69. The average molecular weight is 330 g/mol. The minimum atomic E-state index is -4.50. The quantitative estimate of drug-likeness (QED) is 0.521. The Morgan fingerprint density at radius 1 is 1.00 bits per heavy atom. The van der Waals surface area contributed by atoms with Gasteiger partial charge in [-0.2, -0.15) is 18.3 Å². The van der Waals surface area contributed by atoms with Crippen molar-refractivity contribution in [3.05, 3.63) is 59.5 Å². The van der Waals surface area contributed by atoms with Crippen LogP contribution >= 0.6 is 0 Å². The number of hydrogen-bond acceptors (Lipinski definition) is 2. The van der Waals surface area contributed by atoms with Gasteiger partial charge < -0.3 is 0 Å². The van der Waals surface area contributed by atoms with E-state index >= 15 is 0 Å². The van der Waals surface area contributed by atoms with Crippen LogP contribution in [0.1, 0.15) is 17.0 Å². The fourth-order valence-electron chi connectivity index (χ4n) is 3.11. The number of benzene rings is 1. The van der Waals surface area contributed by atoms with E-state index in [4.69, 9.17) is 0 Å². The molecular weight excluding hydrogens is 317 g/mol. The van der Waals surface area contributed by atoms with Crippen LogP contribution in [0.2, 0.25) is 0 Å². The Morgan fingerprint density at radius 2 is 1.75 bits per heavy atom. The summed E-state index contributed by atoms with van der Waals surface area (Å²) in [5.74, 6) is 0.310. The Hall–Kier alpha value is -2.83. The van der Waals surface area contributed by atoms with Crippen molar-refractivity contribution in [2.45, 2.75) is 20.0 Å². The third-order valence-electron chi connectivity index (χ3n) is 4.08. The van der Waals surface area contributed by atoms with Gasteiger partial charge in [-0.05, 0) is 31.5 Å². The average Bonchev–Trinajstić information content (AvgIpc) is 3.07. The molecule has 0 fully saturated rings. The van der Waals surface area contributed by atoms with Crippen LogP contribution in [-0.4, -0.2) is 19.2 Å². The van der Waals surface area contributed by atoms with Gasteiger partial charge in [0.25, 0.3) is 0 Å². The lowest BCUT2D eigenvalue weighted by Gasteiger charge is -2.13. The summed E-state index contributed by atoms with van der Waals surface area (Å²) in [6.45, 7) is 3.27. The molecule has 3 aromatic heterocycles. The van der Waals surface area contributed by atoms with Crippen molar-refractivity contribution in [3.63, 3.8) is 0 Å². The maximum absolute atomic E-state index is 13.5. The van der Waals surface area contributed by atoms with E-state index in [0.717, 1.165) is 20.9 Å². The molecule has 0 aliphatic carbocycles. The SMILES string of the molecule is Cc1nc2cccc(-n3ncc4cccc(C)c43)n2c1C(F)(F)F. The summed E-state index contributed by atoms with van der Waals surface area (Å²) in [6.07, 6.45) is -2.85. The molecule has 0 saturated heterocycles. The van der Waals surface area contributed by atoms with Crippen LogP contribution in [0.25, 0.3) is 22.4 Å². The zero-order chi connectivity index (χ0) is 17.1. The highest BCUT2D eigenvalue weighted by Crippen LogP contribution is 2.34. The third-order valence-corrected chi connectivity index (χ3v) is 4.08. The largest absolute Gasteiger partial charge is 0.433 e. The predicted molar refractivity (Wildman–Crippen MR) is 84.3 cm³/mol. The molecule has 4 nitrogen and oxygen atoms in total. The van der Waals surface area contributed by atoms with Gasteiger partial charge in [0.05, 0.1) is 17.4 Å². The van der Waals surface area contributed by atoms with Crippen LogP contribution < -0.4 is 0 Å². The summed E-state index contributed by atoms with van der Waals surface area (Å²) in [5.41, 5.74) is 1.14. The predicted octanol–water partition coefficient (Wildman–Crippen LogP) is 4.31. The number of hydrogen-bond donors (Lipinski definition) is 0. The van der Waals surface area contributed by atoms with Crippen LogP contribution in [0.4, 0.5) is 13.2 Å². The Bertz CT molecular complexity index is 1070.